The summed E-state index contributed by atoms with van der Waals surface area (Å²) in [6.07, 6.45) is -3.14. The number of piperidine rings is 1. The van der Waals surface area contributed by atoms with E-state index in [1.54, 1.807) is 11.8 Å². The van der Waals surface area contributed by atoms with Crippen LogP contribution in [0.3, 0.4) is 0 Å². The lowest BCUT2D eigenvalue weighted by Crippen LogP contribution is -2.46. The first-order valence-corrected chi connectivity index (χ1v) is 6.27. The van der Waals surface area contributed by atoms with Gasteiger partial charge in [-0.05, 0) is 31.9 Å². The zero-order valence-corrected chi connectivity index (χ0v) is 11.1. The average molecular weight is 295 g/mol. The third-order valence-electron chi connectivity index (χ3n) is 3.11. The fraction of sp³-hybridized carbons (Fsp3) is 0.583. The van der Waals surface area contributed by atoms with Gasteiger partial charge in [0.15, 0.2) is 0 Å². The van der Waals surface area contributed by atoms with Crippen molar-refractivity contribution in [2.45, 2.75) is 31.5 Å². The molecule has 0 spiro atoms. The molecule has 1 unspecified atom stereocenters. The van der Waals surface area contributed by atoms with Crippen LogP contribution in [0.25, 0.3) is 0 Å². The lowest BCUT2D eigenvalue weighted by Gasteiger charge is -2.37. The number of β-amino-alcohol motifs (C(OH)–C–C–N with tert-alkyl or cyclic N) is 1. The zero-order chi connectivity index (χ0) is 14.3. The van der Waals surface area contributed by atoms with E-state index >= 15 is 0 Å². The van der Waals surface area contributed by atoms with E-state index in [4.69, 9.17) is 11.6 Å². The molecule has 2 rings (SSSR count). The van der Waals surface area contributed by atoms with Crippen LogP contribution in [0, 0.1) is 0 Å². The van der Waals surface area contributed by atoms with E-state index in [1.165, 1.54) is 0 Å². The highest BCUT2D eigenvalue weighted by molar-refractivity contribution is 6.29. The highest BCUT2D eigenvalue weighted by atomic mass is 35.5. The van der Waals surface area contributed by atoms with Gasteiger partial charge in [-0.3, -0.25) is 0 Å². The zero-order valence-electron chi connectivity index (χ0n) is 10.3. The van der Waals surface area contributed by atoms with E-state index < -0.39 is 17.3 Å². The highest BCUT2D eigenvalue weighted by Crippen LogP contribution is 2.34. The minimum absolute atomic E-state index is 0.153. The first-order chi connectivity index (χ1) is 8.67. The summed E-state index contributed by atoms with van der Waals surface area (Å²) in [5.74, 6) is 0.153. The number of aliphatic hydroxyl groups is 1. The van der Waals surface area contributed by atoms with Crippen LogP contribution in [0.2, 0.25) is 5.15 Å². The van der Waals surface area contributed by atoms with Crippen LogP contribution in [0.1, 0.15) is 25.3 Å². The predicted octanol–water partition coefficient (Wildman–Crippen LogP) is 3.11. The molecule has 0 aliphatic carbocycles. The van der Waals surface area contributed by atoms with Gasteiger partial charge in [0.05, 0.1) is 11.2 Å². The number of halogens is 4. The van der Waals surface area contributed by atoms with E-state index in [0.717, 1.165) is 12.1 Å². The van der Waals surface area contributed by atoms with Crippen LogP contribution >= 0.6 is 11.6 Å². The summed E-state index contributed by atoms with van der Waals surface area (Å²) >= 11 is 5.65. The molecule has 1 saturated heterocycles. The van der Waals surface area contributed by atoms with Gasteiger partial charge in [-0.15, -0.1) is 0 Å². The van der Waals surface area contributed by atoms with Gasteiger partial charge in [0, 0.05) is 13.1 Å². The van der Waals surface area contributed by atoms with Crippen molar-refractivity contribution in [1.29, 1.82) is 0 Å². The van der Waals surface area contributed by atoms with Crippen LogP contribution in [0.5, 0.6) is 0 Å². The normalized spacial score (nSPS) is 24.6. The average Bonchev–Trinajstić information content (AvgIpc) is 2.25. The van der Waals surface area contributed by atoms with Crippen molar-refractivity contribution < 1.29 is 18.3 Å². The van der Waals surface area contributed by atoms with E-state index in [9.17, 15) is 18.3 Å². The van der Waals surface area contributed by atoms with Gasteiger partial charge < -0.3 is 10.0 Å². The number of pyridine rings is 1. The SMILES string of the molecule is CC1(O)CCCN(c2cc(C(F)(F)F)cc(Cl)n2)C1. The van der Waals surface area contributed by atoms with Gasteiger partial charge in [0.25, 0.3) is 0 Å². The van der Waals surface area contributed by atoms with Crippen molar-refractivity contribution >= 4 is 17.4 Å². The molecule has 7 heteroatoms. The highest BCUT2D eigenvalue weighted by Gasteiger charge is 2.34. The molecule has 1 atom stereocenters. The Kier molecular flexibility index (Phi) is 3.66. The lowest BCUT2D eigenvalue weighted by molar-refractivity contribution is -0.137. The summed E-state index contributed by atoms with van der Waals surface area (Å²) in [7, 11) is 0. The summed E-state index contributed by atoms with van der Waals surface area (Å²) < 4.78 is 38.1. The fourth-order valence-corrected chi connectivity index (χ4v) is 2.43. The van der Waals surface area contributed by atoms with Gasteiger partial charge >= 0.3 is 6.18 Å². The Morgan fingerprint density at radius 3 is 2.68 bits per heavy atom. The van der Waals surface area contributed by atoms with Crippen molar-refractivity contribution in [2.75, 3.05) is 18.0 Å². The first-order valence-electron chi connectivity index (χ1n) is 5.89. The summed E-state index contributed by atoms with van der Waals surface area (Å²) in [4.78, 5) is 5.55. The Hall–Kier alpha value is -1.01. The van der Waals surface area contributed by atoms with Gasteiger partial charge in [0.1, 0.15) is 11.0 Å². The maximum absolute atomic E-state index is 12.7. The molecule has 1 aromatic heterocycles. The monoisotopic (exact) mass is 294 g/mol. The number of anilines is 1. The Bertz CT molecular complexity index is 477. The van der Waals surface area contributed by atoms with Crippen molar-refractivity contribution in [3.05, 3.63) is 22.8 Å². The van der Waals surface area contributed by atoms with Crippen LogP contribution < -0.4 is 4.90 Å². The minimum atomic E-state index is -4.46. The molecule has 0 bridgehead atoms. The molecule has 19 heavy (non-hydrogen) atoms. The van der Waals surface area contributed by atoms with E-state index in [0.29, 0.717) is 19.4 Å². The molecule has 106 valence electrons. The molecule has 1 N–H and O–H groups in total. The van der Waals surface area contributed by atoms with Gasteiger partial charge in [-0.2, -0.15) is 13.2 Å². The van der Waals surface area contributed by atoms with Gasteiger partial charge in [0.2, 0.25) is 0 Å². The second kappa shape index (κ2) is 4.83. The first kappa shape index (κ1) is 14.4. The number of rotatable bonds is 1. The minimum Gasteiger partial charge on any atom is -0.388 e. The fourth-order valence-electron chi connectivity index (χ4n) is 2.22. The molecule has 1 aromatic rings. The quantitative estimate of drug-likeness (QED) is 0.809. The lowest BCUT2D eigenvalue weighted by atomic mass is 9.95. The number of aromatic nitrogens is 1. The Morgan fingerprint density at radius 2 is 2.11 bits per heavy atom. The topological polar surface area (TPSA) is 36.4 Å². The second-order valence-corrected chi connectivity index (χ2v) is 5.44. The summed E-state index contributed by atoms with van der Waals surface area (Å²) in [6.45, 7) is 2.47. The molecule has 0 saturated carbocycles. The molecule has 0 amide bonds. The molecule has 1 aliphatic rings. The van der Waals surface area contributed by atoms with E-state index in [-0.39, 0.29) is 17.5 Å². The third kappa shape index (κ3) is 3.51. The maximum atomic E-state index is 12.7. The predicted molar refractivity (Wildman–Crippen MR) is 66.3 cm³/mol. The summed E-state index contributed by atoms with van der Waals surface area (Å²) in [5, 5.41) is 9.78. The largest absolute Gasteiger partial charge is 0.416 e. The molecule has 1 aliphatic heterocycles. The molecule has 0 aromatic carbocycles. The van der Waals surface area contributed by atoms with Crippen molar-refractivity contribution in [1.82, 2.24) is 4.98 Å². The molecule has 0 radical (unpaired) electrons. The molecule has 2 heterocycles. The Balaban J connectivity index is 2.32. The number of alkyl halides is 3. The van der Waals surface area contributed by atoms with Crippen molar-refractivity contribution in [2.24, 2.45) is 0 Å². The van der Waals surface area contributed by atoms with E-state index in [2.05, 4.69) is 4.98 Å². The van der Waals surface area contributed by atoms with Crippen LogP contribution in [-0.4, -0.2) is 28.8 Å². The number of nitrogens with zero attached hydrogens (tertiary/aromatic N) is 2. The maximum Gasteiger partial charge on any atom is 0.416 e. The van der Waals surface area contributed by atoms with Gasteiger partial charge in [-0.1, -0.05) is 11.6 Å². The number of hydrogen-bond donors (Lipinski definition) is 1. The number of hydrogen-bond acceptors (Lipinski definition) is 3. The molecule has 3 nitrogen and oxygen atoms in total. The molecular weight excluding hydrogens is 281 g/mol. The Labute approximate surface area is 114 Å². The van der Waals surface area contributed by atoms with Gasteiger partial charge in [-0.25, -0.2) is 4.98 Å². The molecular formula is C12H14ClF3N2O. The molecule has 1 fully saturated rings. The summed E-state index contributed by atoms with van der Waals surface area (Å²) in [6, 6.07) is 1.76. The van der Waals surface area contributed by atoms with Crippen LogP contribution in [-0.2, 0) is 6.18 Å². The smallest absolute Gasteiger partial charge is 0.388 e. The van der Waals surface area contributed by atoms with Crippen LogP contribution in [0.15, 0.2) is 12.1 Å². The summed E-state index contributed by atoms with van der Waals surface area (Å²) in [5.41, 5.74) is -1.74. The van der Waals surface area contributed by atoms with E-state index in [1.807, 2.05) is 0 Å². The Morgan fingerprint density at radius 1 is 1.42 bits per heavy atom. The van der Waals surface area contributed by atoms with Crippen LogP contribution in [0.4, 0.5) is 19.0 Å². The van der Waals surface area contributed by atoms with Crippen molar-refractivity contribution in [3.63, 3.8) is 0 Å². The van der Waals surface area contributed by atoms with Crippen molar-refractivity contribution in [3.8, 4) is 0 Å². The third-order valence-corrected chi connectivity index (χ3v) is 3.30. The standard InChI is InChI=1S/C12H14ClF3N2O/c1-11(19)3-2-4-18(7-11)10-6-8(12(14,15)16)5-9(13)17-10/h5-6,19H,2-4,7H2,1H3. The second-order valence-electron chi connectivity index (χ2n) is 5.06.